The Morgan fingerprint density at radius 1 is 1.28 bits per heavy atom. The molecule has 0 aromatic rings. The number of carbonyl (C=O) groups excluding carboxylic acids is 2. The van der Waals surface area contributed by atoms with Gasteiger partial charge in [0.2, 0.25) is 5.91 Å². The highest BCUT2D eigenvalue weighted by atomic mass is 16.5. The average Bonchev–Trinajstić information content (AvgIpc) is 2.52. The van der Waals surface area contributed by atoms with Crippen molar-refractivity contribution < 1.29 is 19.4 Å². The highest BCUT2D eigenvalue weighted by molar-refractivity contribution is 5.76. The molecule has 1 aliphatic rings. The van der Waals surface area contributed by atoms with E-state index in [9.17, 15) is 14.7 Å². The molecule has 1 aliphatic heterocycles. The predicted octanol–water partition coefficient (Wildman–Crippen LogP) is 0.0605. The topological polar surface area (TPSA) is 103 Å². The number of aliphatic hydroxyl groups is 1. The Morgan fingerprint density at radius 2 is 2.00 bits per heavy atom. The van der Waals surface area contributed by atoms with Crippen molar-refractivity contribution in [2.75, 3.05) is 33.8 Å². The van der Waals surface area contributed by atoms with E-state index in [1.54, 1.807) is 0 Å². The minimum Gasteiger partial charge on any atom is -0.394 e. The minimum atomic E-state index is -0.488. The number of ether oxygens (including phenoxy) is 1. The number of nitrogens with zero attached hydrogens (tertiary/aromatic N) is 1. The van der Waals surface area contributed by atoms with Crippen molar-refractivity contribution >= 4 is 11.9 Å². The molecule has 4 N–H and O–H groups in total. The van der Waals surface area contributed by atoms with Crippen molar-refractivity contribution in [3.8, 4) is 0 Å². The van der Waals surface area contributed by atoms with Gasteiger partial charge in [-0.15, -0.1) is 0 Å². The molecule has 0 unspecified atom stereocenters. The Labute approximate surface area is 150 Å². The molecule has 0 radical (unpaired) electrons. The van der Waals surface area contributed by atoms with Crippen LogP contribution in [0, 0.1) is 0 Å². The van der Waals surface area contributed by atoms with Crippen LogP contribution in [-0.2, 0) is 9.53 Å². The number of urea groups is 1. The number of carbonyl (C=O) groups is 2. The lowest BCUT2D eigenvalue weighted by Gasteiger charge is -2.36. The fourth-order valence-corrected chi connectivity index (χ4v) is 2.82. The summed E-state index contributed by atoms with van der Waals surface area (Å²) in [5.74, 6) is -0.0376. The third-order valence-corrected chi connectivity index (χ3v) is 4.05. The molecule has 1 heterocycles. The molecule has 0 bridgehead atoms. The summed E-state index contributed by atoms with van der Waals surface area (Å²) in [6.07, 6.45) is 1.82. The summed E-state index contributed by atoms with van der Waals surface area (Å²) in [6, 6.07) is -0.469. The van der Waals surface area contributed by atoms with Gasteiger partial charge < -0.3 is 30.7 Å². The summed E-state index contributed by atoms with van der Waals surface area (Å²) in [5.41, 5.74) is 0. The summed E-state index contributed by atoms with van der Waals surface area (Å²) < 4.78 is 5.81. The van der Waals surface area contributed by atoms with Gasteiger partial charge in [0.25, 0.3) is 0 Å². The lowest BCUT2D eigenvalue weighted by Crippen LogP contribution is -2.54. The van der Waals surface area contributed by atoms with Gasteiger partial charge in [0, 0.05) is 12.6 Å². The summed E-state index contributed by atoms with van der Waals surface area (Å²) in [4.78, 5) is 25.9. The van der Waals surface area contributed by atoms with Gasteiger partial charge in [0.05, 0.1) is 25.2 Å². The molecule has 3 amide bonds. The molecule has 3 atom stereocenters. The van der Waals surface area contributed by atoms with Crippen LogP contribution in [0.15, 0.2) is 0 Å². The molecule has 8 nitrogen and oxygen atoms in total. The average molecular weight is 358 g/mol. The third-order valence-electron chi connectivity index (χ3n) is 4.05. The van der Waals surface area contributed by atoms with Crippen LogP contribution in [0.4, 0.5) is 4.79 Å². The summed E-state index contributed by atoms with van der Waals surface area (Å²) in [6.45, 7) is 5.15. The van der Waals surface area contributed by atoms with Gasteiger partial charge in [-0.2, -0.15) is 0 Å². The van der Waals surface area contributed by atoms with E-state index >= 15 is 0 Å². The van der Waals surface area contributed by atoms with Crippen molar-refractivity contribution in [3.05, 3.63) is 0 Å². The van der Waals surface area contributed by atoms with Crippen molar-refractivity contribution in [2.24, 2.45) is 0 Å². The van der Waals surface area contributed by atoms with Crippen LogP contribution in [0.5, 0.6) is 0 Å². The largest absolute Gasteiger partial charge is 0.394 e. The molecule has 0 aromatic carbocycles. The van der Waals surface area contributed by atoms with Crippen molar-refractivity contribution in [1.29, 1.82) is 0 Å². The lowest BCUT2D eigenvalue weighted by molar-refractivity contribution is -0.130. The Bertz CT molecular complexity index is 417. The van der Waals surface area contributed by atoms with Gasteiger partial charge >= 0.3 is 6.03 Å². The summed E-state index contributed by atoms with van der Waals surface area (Å²) >= 11 is 0. The normalized spacial score (nSPS) is 23.6. The zero-order chi connectivity index (χ0) is 18.8. The lowest BCUT2D eigenvalue weighted by atomic mass is 9.97. The van der Waals surface area contributed by atoms with Crippen LogP contribution in [0.1, 0.15) is 39.5 Å². The second-order valence-corrected chi connectivity index (χ2v) is 7.15. The van der Waals surface area contributed by atoms with Gasteiger partial charge in [0.15, 0.2) is 0 Å². The fourth-order valence-electron chi connectivity index (χ4n) is 2.82. The molecule has 1 rings (SSSR count). The van der Waals surface area contributed by atoms with Gasteiger partial charge in [-0.05, 0) is 53.8 Å². The van der Waals surface area contributed by atoms with Gasteiger partial charge in [-0.3, -0.25) is 4.79 Å². The van der Waals surface area contributed by atoms with Crippen LogP contribution >= 0.6 is 0 Å². The summed E-state index contributed by atoms with van der Waals surface area (Å²) in [5, 5.41) is 18.0. The van der Waals surface area contributed by atoms with Crippen LogP contribution in [0.3, 0.4) is 0 Å². The number of aliphatic hydroxyl groups excluding tert-OH is 1. The molecule has 0 aliphatic carbocycles. The van der Waals surface area contributed by atoms with Crippen LogP contribution in [0.25, 0.3) is 0 Å². The minimum absolute atomic E-state index is 0.0376. The monoisotopic (exact) mass is 358 g/mol. The smallest absolute Gasteiger partial charge is 0.315 e. The second kappa shape index (κ2) is 11.3. The SMILES string of the molecule is CC(C)NC(=O)N[C@H]1CC[C@H](CC(=O)NCCCN(C)C)O[C@@H]1CO. The van der Waals surface area contributed by atoms with Crippen LogP contribution in [0.2, 0.25) is 0 Å². The first-order valence-electron chi connectivity index (χ1n) is 9.06. The Kier molecular flexibility index (Phi) is 9.77. The maximum absolute atomic E-state index is 12.0. The predicted molar refractivity (Wildman–Crippen MR) is 96.4 cm³/mol. The van der Waals surface area contributed by atoms with Crippen molar-refractivity contribution in [2.45, 2.75) is 63.8 Å². The highest BCUT2D eigenvalue weighted by Gasteiger charge is 2.32. The quantitative estimate of drug-likeness (QED) is 0.437. The van der Waals surface area contributed by atoms with E-state index in [1.807, 2.05) is 27.9 Å². The Morgan fingerprint density at radius 3 is 2.60 bits per heavy atom. The zero-order valence-electron chi connectivity index (χ0n) is 15.9. The number of hydrogen-bond acceptors (Lipinski definition) is 5. The van der Waals surface area contributed by atoms with E-state index < -0.39 is 6.10 Å². The number of amides is 3. The molecule has 0 aromatic heterocycles. The van der Waals surface area contributed by atoms with Crippen LogP contribution in [-0.4, -0.2) is 80.0 Å². The second-order valence-electron chi connectivity index (χ2n) is 7.15. The van der Waals surface area contributed by atoms with E-state index in [2.05, 4.69) is 20.9 Å². The molecular weight excluding hydrogens is 324 g/mol. The van der Waals surface area contributed by atoms with Crippen molar-refractivity contribution in [1.82, 2.24) is 20.9 Å². The maximum atomic E-state index is 12.0. The molecule has 146 valence electrons. The zero-order valence-corrected chi connectivity index (χ0v) is 15.9. The van der Waals surface area contributed by atoms with Gasteiger partial charge in [-0.25, -0.2) is 4.79 Å². The Balaban J connectivity index is 2.34. The molecule has 8 heteroatoms. The fraction of sp³-hybridized carbons (Fsp3) is 0.882. The van der Waals surface area contributed by atoms with Crippen LogP contribution < -0.4 is 16.0 Å². The van der Waals surface area contributed by atoms with E-state index in [4.69, 9.17) is 4.74 Å². The maximum Gasteiger partial charge on any atom is 0.315 e. The first kappa shape index (κ1) is 21.7. The first-order chi connectivity index (χ1) is 11.8. The molecular formula is C17H34N4O4. The highest BCUT2D eigenvalue weighted by Crippen LogP contribution is 2.21. The van der Waals surface area contributed by atoms with E-state index in [0.29, 0.717) is 19.4 Å². The van der Waals surface area contributed by atoms with E-state index in [1.165, 1.54) is 0 Å². The Hall–Kier alpha value is -1.38. The van der Waals surface area contributed by atoms with E-state index in [0.717, 1.165) is 13.0 Å². The molecule has 1 saturated heterocycles. The van der Waals surface area contributed by atoms with E-state index in [-0.39, 0.29) is 43.2 Å². The number of rotatable bonds is 9. The molecule has 0 saturated carbocycles. The number of nitrogens with one attached hydrogen (secondary N) is 3. The van der Waals surface area contributed by atoms with Crippen molar-refractivity contribution in [3.63, 3.8) is 0 Å². The third kappa shape index (κ3) is 9.04. The summed E-state index contributed by atoms with van der Waals surface area (Å²) in [7, 11) is 4.00. The molecule has 25 heavy (non-hydrogen) atoms. The first-order valence-corrected chi connectivity index (χ1v) is 9.06. The molecule has 0 spiro atoms. The molecule has 1 fully saturated rings. The standard InChI is InChI=1S/C17H34N4O4/c1-12(2)19-17(24)20-14-7-6-13(25-15(14)11-22)10-16(23)18-8-5-9-21(3)4/h12-15,22H,5-11H2,1-4H3,(H,18,23)(H2,19,20,24)/t13-,14+,15-/m1/s1. The van der Waals surface area contributed by atoms with Gasteiger partial charge in [0.1, 0.15) is 6.10 Å². The van der Waals surface area contributed by atoms with Gasteiger partial charge in [-0.1, -0.05) is 0 Å². The number of hydrogen-bond donors (Lipinski definition) is 4.